The lowest BCUT2D eigenvalue weighted by Crippen LogP contribution is -2.39. The van der Waals surface area contributed by atoms with Gasteiger partial charge in [-0.2, -0.15) is 5.16 Å². The maximum absolute atomic E-state index is 7.13. The predicted octanol–water partition coefficient (Wildman–Crippen LogP) is 1.87. The molecule has 0 saturated carbocycles. The number of benzene rings is 1. The Labute approximate surface area is 75.5 Å². The van der Waals surface area contributed by atoms with Gasteiger partial charge in [0.05, 0.1) is 0 Å². The number of hydrogen-bond donors (Lipinski definition) is 1. The lowest BCUT2D eigenvalue weighted by Gasteiger charge is -1.85. The first-order valence-electron chi connectivity index (χ1n) is 2.79. The van der Waals surface area contributed by atoms with Crippen LogP contribution < -0.4 is 5.73 Å². The first kappa shape index (κ1) is 10.3. The third-order valence-electron chi connectivity index (χ3n) is 0.889. The standard InChI is InChI=1S/C6H6ClN.CNS/c7-5-2-1-3-6(8)4-5;2-1-3/h1-4H,8H2;/q;-1/p+1. The molecule has 0 saturated heterocycles. The predicted molar refractivity (Wildman–Crippen MR) is 50.0 cm³/mol. The molecule has 0 aliphatic rings. The van der Waals surface area contributed by atoms with Crippen LogP contribution in [0.3, 0.4) is 0 Å². The average Bonchev–Trinajstić information content (AvgIpc) is 1.88. The van der Waals surface area contributed by atoms with Gasteiger partial charge in [-0.25, -0.2) is 0 Å². The summed E-state index contributed by atoms with van der Waals surface area (Å²) in [4.78, 5) is 0. The number of hydrogen-bond acceptors (Lipinski definition) is 1. The lowest BCUT2D eigenvalue weighted by atomic mass is 10.3. The van der Waals surface area contributed by atoms with Crippen molar-refractivity contribution in [3.05, 3.63) is 34.7 Å². The quantitative estimate of drug-likeness (QED) is 0.488. The van der Waals surface area contributed by atoms with E-state index in [1.165, 1.54) is 5.16 Å². The Bertz CT molecular complexity index is 239. The molecule has 1 rings (SSSR count). The van der Waals surface area contributed by atoms with E-state index in [1.54, 1.807) is 0 Å². The molecular weight excluding hydrogens is 180 g/mol. The van der Waals surface area contributed by atoms with E-state index in [4.69, 9.17) is 17.0 Å². The topological polar surface area (TPSA) is 49.9 Å². The van der Waals surface area contributed by atoms with Crippen molar-refractivity contribution in [1.82, 2.24) is 0 Å². The Morgan fingerprint density at radius 1 is 1.55 bits per heavy atom. The van der Waals surface area contributed by atoms with E-state index >= 15 is 0 Å². The Hall–Kier alpha value is -0.730. The Morgan fingerprint density at radius 3 is 2.36 bits per heavy atom. The van der Waals surface area contributed by atoms with Gasteiger partial charge in [0.15, 0.2) is 0 Å². The molecule has 0 atom stereocenters. The van der Waals surface area contributed by atoms with Crippen molar-refractivity contribution < 1.29 is 5.73 Å². The molecule has 2 nitrogen and oxygen atoms in total. The second kappa shape index (κ2) is 6.01. The summed E-state index contributed by atoms with van der Waals surface area (Å²) < 4.78 is 0. The van der Waals surface area contributed by atoms with Gasteiger partial charge in [-0.3, -0.25) is 0 Å². The monoisotopic (exact) mass is 186 g/mol. The number of thiocarbonyl (C=S) groups is 1. The fraction of sp³-hybridized carbons (Fsp3) is 0. The van der Waals surface area contributed by atoms with Crippen molar-refractivity contribution in [3.8, 4) is 0 Å². The maximum Gasteiger partial charge on any atom is 0.129 e. The molecule has 4 heteroatoms. The van der Waals surface area contributed by atoms with Crippen molar-refractivity contribution in [3.63, 3.8) is 0 Å². The molecule has 1 aromatic rings. The molecular formula is C7H7ClN2S. The molecule has 0 spiro atoms. The second-order valence-corrected chi connectivity index (χ2v) is 2.34. The van der Waals surface area contributed by atoms with Crippen molar-refractivity contribution >= 4 is 34.7 Å². The number of rotatable bonds is 0. The van der Waals surface area contributed by atoms with Gasteiger partial charge < -0.3 is 11.1 Å². The van der Waals surface area contributed by atoms with E-state index < -0.39 is 0 Å². The zero-order chi connectivity index (χ0) is 8.69. The summed E-state index contributed by atoms with van der Waals surface area (Å²) in [6.07, 6.45) is 0. The number of halogens is 1. The molecule has 0 aliphatic heterocycles. The van der Waals surface area contributed by atoms with Crippen LogP contribution in [0.25, 0.3) is 5.41 Å². The fourth-order valence-corrected chi connectivity index (χ4v) is 0.750. The van der Waals surface area contributed by atoms with E-state index in [2.05, 4.69) is 18.0 Å². The first-order valence-corrected chi connectivity index (χ1v) is 3.58. The van der Waals surface area contributed by atoms with Crippen LogP contribution in [0.2, 0.25) is 5.02 Å². The van der Waals surface area contributed by atoms with Crippen LogP contribution in [0.15, 0.2) is 24.3 Å². The zero-order valence-electron chi connectivity index (χ0n) is 5.75. The maximum atomic E-state index is 7.13. The zero-order valence-corrected chi connectivity index (χ0v) is 7.32. The van der Waals surface area contributed by atoms with Crippen LogP contribution >= 0.6 is 23.8 Å². The van der Waals surface area contributed by atoms with Gasteiger partial charge in [0.2, 0.25) is 0 Å². The highest BCUT2D eigenvalue weighted by Gasteiger charge is 1.86. The lowest BCUT2D eigenvalue weighted by molar-refractivity contribution is -0.254. The van der Waals surface area contributed by atoms with Crippen LogP contribution in [-0.4, -0.2) is 5.16 Å². The summed E-state index contributed by atoms with van der Waals surface area (Å²) in [5, 5.41) is 9.22. The van der Waals surface area contributed by atoms with Crippen LogP contribution in [0.5, 0.6) is 0 Å². The third-order valence-corrected chi connectivity index (χ3v) is 1.12. The van der Waals surface area contributed by atoms with Crippen molar-refractivity contribution in [2.45, 2.75) is 0 Å². The minimum Gasteiger partial charge on any atom is -0.753 e. The summed E-state index contributed by atoms with van der Waals surface area (Å²) in [5.41, 5.74) is 4.65. The summed E-state index contributed by atoms with van der Waals surface area (Å²) in [5.74, 6) is 0. The molecule has 0 amide bonds. The fourth-order valence-electron chi connectivity index (χ4n) is 0.537. The number of quaternary nitrogens is 1. The van der Waals surface area contributed by atoms with Gasteiger partial charge in [-0.15, -0.1) is 0 Å². The smallest absolute Gasteiger partial charge is 0.129 e. The molecule has 1 aromatic carbocycles. The number of nitrogens with zero attached hydrogens (tertiary/aromatic N) is 1. The first-order chi connectivity index (χ1) is 5.20. The molecule has 0 aliphatic carbocycles. The van der Waals surface area contributed by atoms with Crippen molar-refractivity contribution in [2.24, 2.45) is 0 Å². The molecule has 0 fully saturated rings. The molecule has 0 bridgehead atoms. The number of isothiocyanates is 1. The molecule has 0 unspecified atom stereocenters. The van der Waals surface area contributed by atoms with Crippen LogP contribution in [-0.2, 0) is 0 Å². The Morgan fingerprint density at radius 2 is 2.09 bits per heavy atom. The van der Waals surface area contributed by atoms with E-state index in [-0.39, 0.29) is 0 Å². The van der Waals surface area contributed by atoms with Gasteiger partial charge >= 0.3 is 0 Å². The van der Waals surface area contributed by atoms with E-state index in [0.29, 0.717) is 0 Å². The largest absolute Gasteiger partial charge is 0.753 e. The van der Waals surface area contributed by atoms with E-state index in [0.717, 1.165) is 10.7 Å². The normalized spacial score (nSPS) is 7.45. The van der Waals surface area contributed by atoms with Gasteiger partial charge in [-0.05, 0) is 12.1 Å². The highest BCUT2D eigenvalue weighted by atomic mass is 35.5. The van der Waals surface area contributed by atoms with Crippen LogP contribution in [0, 0.1) is 0 Å². The van der Waals surface area contributed by atoms with Crippen molar-refractivity contribution in [1.29, 1.82) is 0 Å². The summed E-state index contributed by atoms with van der Waals surface area (Å²) in [7, 11) is 0. The van der Waals surface area contributed by atoms with Crippen molar-refractivity contribution in [2.75, 3.05) is 0 Å². The van der Waals surface area contributed by atoms with E-state index in [1.807, 2.05) is 24.3 Å². The van der Waals surface area contributed by atoms with Gasteiger partial charge in [0.1, 0.15) is 5.69 Å². The highest BCUT2D eigenvalue weighted by Crippen LogP contribution is 2.09. The molecule has 11 heavy (non-hydrogen) atoms. The minimum absolute atomic E-state index is 0.748. The summed E-state index contributed by atoms with van der Waals surface area (Å²) in [6.45, 7) is 0. The second-order valence-electron chi connectivity index (χ2n) is 1.72. The van der Waals surface area contributed by atoms with E-state index in [9.17, 15) is 0 Å². The molecule has 58 valence electrons. The van der Waals surface area contributed by atoms with Crippen LogP contribution in [0.1, 0.15) is 0 Å². The van der Waals surface area contributed by atoms with Gasteiger partial charge in [0.25, 0.3) is 0 Å². The summed E-state index contributed by atoms with van der Waals surface area (Å²) in [6, 6.07) is 7.44. The SMILES string of the molecule is [N-]=C=S.[NH3+]c1cccc(Cl)c1. The minimum atomic E-state index is 0.748. The molecule has 0 radical (unpaired) electrons. The Kier molecular flexibility index (Phi) is 5.61. The summed E-state index contributed by atoms with van der Waals surface area (Å²) >= 11 is 9.30. The van der Waals surface area contributed by atoms with Gasteiger partial charge in [0, 0.05) is 11.1 Å². The van der Waals surface area contributed by atoms with Crippen LogP contribution in [0.4, 0.5) is 5.69 Å². The molecule has 0 heterocycles. The highest BCUT2D eigenvalue weighted by molar-refractivity contribution is 7.78. The Balaban J connectivity index is 0.000000292. The average molecular weight is 187 g/mol. The molecule has 3 N–H and O–H groups in total. The van der Waals surface area contributed by atoms with Gasteiger partial charge in [-0.1, -0.05) is 29.9 Å². The molecule has 0 aromatic heterocycles. The third kappa shape index (κ3) is 5.70.